The molecule has 0 saturated carbocycles. The van der Waals surface area contributed by atoms with Gasteiger partial charge in [-0.05, 0) is 11.6 Å². The van der Waals surface area contributed by atoms with E-state index in [9.17, 15) is 14.4 Å². The van der Waals surface area contributed by atoms with Gasteiger partial charge in [-0.25, -0.2) is 9.59 Å². The molecule has 1 aromatic rings. The number of likely N-dealkylation sites (tertiary alicyclic amines) is 1. The van der Waals surface area contributed by atoms with E-state index in [1.807, 2.05) is 18.2 Å². The number of carbonyl (C=O) groups is 3. The first-order valence-corrected chi connectivity index (χ1v) is 8.10. The SMILES string of the molecule is COC(=O)C[C@H]1[C@@H](c2ccccc2OC)CN(C(=O)OC)[C@H]1C(=O)OC. The third-order valence-corrected chi connectivity index (χ3v) is 4.67. The zero-order valence-electron chi connectivity index (χ0n) is 15.3. The first-order chi connectivity index (χ1) is 12.5. The van der Waals surface area contributed by atoms with Crippen molar-refractivity contribution in [3.63, 3.8) is 0 Å². The molecule has 1 heterocycles. The Morgan fingerprint density at radius 3 is 2.31 bits per heavy atom. The normalized spacial score (nSPS) is 21.8. The van der Waals surface area contributed by atoms with Crippen molar-refractivity contribution in [2.24, 2.45) is 5.92 Å². The summed E-state index contributed by atoms with van der Waals surface area (Å²) in [5, 5.41) is 0. The van der Waals surface area contributed by atoms with Crippen molar-refractivity contribution in [2.75, 3.05) is 35.0 Å². The smallest absolute Gasteiger partial charge is 0.410 e. The van der Waals surface area contributed by atoms with Gasteiger partial charge in [-0.15, -0.1) is 0 Å². The van der Waals surface area contributed by atoms with Crippen LogP contribution >= 0.6 is 0 Å². The van der Waals surface area contributed by atoms with E-state index in [1.54, 1.807) is 13.2 Å². The average Bonchev–Trinajstić information content (AvgIpc) is 3.05. The molecule has 1 aromatic carbocycles. The number of carbonyl (C=O) groups excluding carboxylic acids is 3. The van der Waals surface area contributed by atoms with Gasteiger partial charge in [0.25, 0.3) is 0 Å². The van der Waals surface area contributed by atoms with Gasteiger partial charge in [0.15, 0.2) is 0 Å². The van der Waals surface area contributed by atoms with Crippen LogP contribution in [0.5, 0.6) is 5.75 Å². The van der Waals surface area contributed by atoms with Gasteiger partial charge in [0.1, 0.15) is 11.8 Å². The van der Waals surface area contributed by atoms with Crippen LogP contribution in [0.25, 0.3) is 0 Å². The first-order valence-electron chi connectivity index (χ1n) is 8.10. The highest BCUT2D eigenvalue weighted by Gasteiger charge is 2.50. The molecular weight excluding hydrogens is 342 g/mol. The lowest BCUT2D eigenvalue weighted by molar-refractivity contribution is -0.148. The molecular formula is C18H23NO7. The summed E-state index contributed by atoms with van der Waals surface area (Å²) in [6.45, 7) is 0.189. The van der Waals surface area contributed by atoms with E-state index in [0.29, 0.717) is 5.75 Å². The van der Waals surface area contributed by atoms with Crippen LogP contribution in [0.2, 0.25) is 0 Å². The van der Waals surface area contributed by atoms with Crippen molar-refractivity contribution in [3.8, 4) is 5.75 Å². The Balaban J connectivity index is 2.51. The van der Waals surface area contributed by atoms with E-state index in [2.05, 4.69) is 0 Å². The summed E-state index contributed by atoms with van der Waals surface area (Å²) in [7, 11) is 5.30. The summed E-state index contributed by atoms with van der Waals surface area (Å²) < 4.78 is 19.9. The highest BCUT2D eigenvalue weighted by Crippen LogP contribution is 2.43. The molecule has 2 rings (SSSR count). The molecule has 0 bridgehead atoms. The van der Waals surface area contributed by atoms with Crippen molar-refractivity contribution < 1.29 is 33.3 Å². The molecule has 0 aromatic heterocycles. The van der Waals surface area contributed by atoms with Crippen molar-refractivity contribution in [2.45, 2.75) is 18.4 Å². The predicted molar refractivity (Wildman–Crippen MR) is 90.8 cm³/mol. The van der Waals surface area contributed by atoms with Gasteiger partial charge in [0, 0.05) is 18.4 Å². The van der Waals surface area contributed by atoms with Crippen molar-refractivity contribution >= 4 is 18.0 Å². The fraction of sp³-hybridized carbons (Fsp3) is 0.500. The Kier molecular flexibility index (Phi) is 6.43. The highest BCUT2D eigenvalue weighted by atomic mass is 16.5. The molecule has 1 aliphatic rings. The summed E-state index contributed by atoms with van der Waals surface area (Å²) in [6.07, 6.45) is -0.709. The molecule has 3 atom stereocenters. The van der Waals surface area contributed by atoms with Crippen molar-refractivity contribution in [1.82, 2.24) is 4.90 Å². The van der Waals surface area contributed by atoms with E-state index in [0.717, 1.165) is 5.56 Å². The van der Waals surface area contributed by atoms with E-state index in [1.165, 1.54) is 26.2 Å². The molecule has 0 radical (unpaired) electrons. The van der Waals surface area contributed by atoms with E-state index >= 15 is 0 Å². The van der Waals surface area contributed by atoms with Gasteiger partial charge in [0.05, 0.1) is 34.9 Å². The first kappa shape index (κ1) is 19.6. The molecule has 0 aliphatic carbocycles. The van der Waals surface area contributed by atoms with Gasteiger partial charge >= 0.3 is 18.0 Å². The molecule has 0 unspecified atom stereocenters. The summed E-state index contributed by atoms with van der Waals surface area (Å²) in [6, 6.07) is 6.34. The van der Waals surface area contributed by atoms with Crippen LogP contribution in [0.1, 0.15) is 17.9 Å². The summed E-state index contributed by atoms with van der Waals surface area (Å²) in [5.41, 5.74) is 0.796. The number of hydrogen-bond acceptors (Lipinski definition) is 7. The van der Waals surface area contributed by atoms with Crippen LogP contribution in [-0.4, -0.2) is 64.0 Å². The molecule has 8 heteroatoms. The van der Waals surface area contributed by atoms with E-state index in [4.69, 9.17) is 18.9 Å². The van der Waals surface area contributed by atoms with Gasteiger partial charge < -0.3 is 18.9 Å². The molecule has 26 heavy (non-hydrogen) atoms. The quantitative estimate of drug-likeness (QED) is 0.578. The van der Waals surface area contributed by atoms with Crippen LogP contribution in [-0.2, 0) is 23.8 Å². The lowest BCUT2D eigenvalue weighted by Gasteiger charge is -2.25. The minimum Gasteiger partial charge on any atom is -0.496 e. The second-order valence-corrected chi connectivity index (χ2v) is 5.88. The van der Waals surface area contributed by atoms with Crippen LogP contribution in [0.4, 0.5) is 4.79 Å². The van der Waals surface area contributed by atoms with E-state index < -0.39 is 30.0 Å². The number of para-hydroxylation sites is 1. The summed E-state index contributed by atoms with van der Waals surface area (Å²) >= 11 is 0. The number of amides is 1. The number of methoxy groups -OCH3 is 4. The minimum atomic E-state index is -0.957. The fourth-order valence-corrected chi connectivity index (χ4v) is 3.47. The number of rotatable bonds is 5. The maximum absolute atomic E-state index is 12.4. The van der Waals surface area contributed by atoms with Crippen LogP contribution in [0.15, 0.2) is 24.3 Å². The van der Waals surface area contributed by atoms with Crippen molar-refractivity contribution in [3.05, 3.63) is 29.8 Å². The lowest BCUT2D eigenvalue weighted by Crippen LogP contribution is -2.44. The largest absolute Gasteiger partial charge is 0.496 e. The standard InChI is InChI=1S/C18H23NO7/c1-23-14-8-6-5-7-11(14)13-10-19(18(22)26-4)16(17(21)25-3)12(13)9-15(20)24-2/h5-8,12-13,16H,9-10H2,1-4H3/t12-,13+,16+/m0/s1. The molecule has 0 N–H and O–H groups in total. The monoisotopic (exact) mass is 365 g/mol. The molecule has 1 saturated heterocycles. The molecule has 142 valence electrons. The zero-order chi connectivity index (χ0) is 19.3. The fourth-order valence-electron chi connectivity index (χ4n) is 3.47. The number of benzene rings is 1. The summed E-state index contributed by atoms with van der Waals surface area (Å²) in [5.74, 6) is -1.33. The number of esters is 2. The van der Waals surface area contributed by atoms with Gasteiger partial charge in [0.2, 0.25) is 0 Å². The lowest BCUT2D eigenvalue weighted by atomic mass is 9.82. The molecule has 1 aliphatic heterocycles. The molecule has 0 spiro atoms. The second-order valence-electron chi connectivity index (χ2n) is 5.88. The van der Waals surface area contributed by atoms with E-state index in [-0.39, 0.29) is 18.9 Å². The van der Waals surface area contributed by atoms with Crippen molar-refractivity contribution in [1.29, 1.82) is 0 Å². The third-order valence-electron chi connectivity index (χ3n) is 4.67. The Morgan fingerprint density at radius 1 is 1.04 bits per heavy atom. The van der Waals surface area contributed by atoms with Gasteiger partial charge in [-0.2, -0.15) is 0 Å². The number of hydrogen-bond donors (Lipinski definition) is 0. The maximum atomic E-state index is 12.4. The summed E-state index contributed by atoms with van der Waals surface area (Å²) in [4.78, 5) is 37.9. The van der Waals surface area contributed by atoms with Crippen LogP contribution in [0, 0.1) is 5.92 Å². The topological polar surface area (TPSA) is 91.4 Å². The Labute approximate surface area is 152 Å². The predicted octanol–water partition coefficient (Wildman–Crippen LogP) is 1.58. The van der Waals surface area contributed by atoms with Gasteiger partial charge in [-0.3, -0.25) is 9.69 Å². The van der Waals surface area contributed by atoms with Crippen LogP contribution < -0.4 is 4.74 Å². The number of nitrogens with zero attached hydrogens (tertiary/aromatic N) is 1. The maximum Gasteiger partial charge on any atom is 0.410 e. The van der Waals surface area contributed by atoms with Gasteiger partial charge in [-0.1, -0.05) is 18.2 Å². The molecule has 1 amide bonds. The molecule has 8 nitrogen and oxygen atoms in total. The Bertz CT molecular complexity index is 675. The highest BCUT2D eigenvalue weighted by molar-refractivity contribution is 5.84. The zero-order valence-corrected chi connectivity index (χ0v) is 15.3. The van der Waals surface area contributed by atoms with Crippen LogP contribution in [0.3, 0.4) is 0 Å². The average molecular weight is 365 g/mol. The third kappa shape index (κ3) is 3.74. The second kappa shape index (κ2) is 8.55. The minimum absolute atomic E-state index is 0.0491. The molecule has 1 fully saturated rings. The Hall–Kier alpha value is -2.77. The Morgan fingerprint density at radius 2 is 1.73 bits per heavy atom. The number of ether oxygens (including phenoxy) is 4.